The van der Waals surface area contributed by atoms with Crippen molar-refractivity contribution in [3.63, 3.8) is 0 Å². The number of hydrogen-bond donors (Lipinski definition) is 3. The maximum Gasteiger partial charge on any atom is 0.290 e. The number of halogens is 1. The molecule has 0 bridgehead atoms. The third-order valence-electron chi connectivity index (χ3n) is 2.89. The fraction of sp³-hybridized carbons (Fsp3) is 0.357. The van der Waals surface area contributed by atoms with Gasteiger partial charge in [0.15, 0.2) is 0 Å². The molecule has 7 nitrogen and oxygen atoms in total. The summed E-state index contributed by atoms with van der Waals surface area (Å²) in [5.41, 5.74) is 5.64. The van der Waals surface area contributed by atoms with E-state index in [0.717, 1.165) is 0 Å². The number of carbonyl (C=O) groups is 2. The second kappa shape index (κ2) is 7.51. The van der Waals surface area contributed by atoms with Crippen molar-refractivity contribution in [1.29, 1.82) is 0 Å². The number of carboxylic acid groups (broad SMARTS) is 1. The zero-order chi connectivity index (χ0) is 16.8. The van der Waals surface area contributed by atoms with Crippen LogP contribution in [0.1, 0.15) is 19.4 Å². The SMILES string of the molecule is CC(=O)Nc1ccc(F)c([C@]2(C)COCC(N)=N2)c1.O=CO. The van der Waals surface area contributed by atoms with Gasteiger partial charge in [-0.25, -0.2) is 4.39 Å². The number of amidine groups is 1. The van der Waals surface area contributed by atoms with Crippen LogP contribution in [0.4, 0.5) is 10.1 Å². The summed E-state index contributed by atoms with van der Waals surface area (Å²) in [4.78, 5) is 23.7. The lowest BCUT2D eigenvalue weighted by atomic mass is 9.92. The molecule has 0 unspecified atom stereocenters. The summed E-state index contributed by atoms with van der Waals surface area (Å²) in [6, 6.07) is 4.36. The number of nitrogens with zero attached hydrogens (tertiary/aromatic N) is 1. The Morgan fingerprint density at radius 3 is 2.77 bits per heavy atom. The Kier molecular flexibility index (Phi) is 6.00. The highest BCUT2D eigenvalue weighted by molar-refractivity contribution is 5.88. The number of nitrogens with one attached hydrogen (secondary N) is 1. The van der Waals surface area contributed by atoms with E-state index in [2.05, 4.69) is 10.3 Å². The molecular formula is C14H18FN3O4. The summed E-state index contributed by atoms with van der Waals surface area (Å²) in [6.07, 6.45) is 0. The first-order valence-electron chi connectivity index (χ1n) is 6.40. The second-order valence-electron chi connectivity index (χ2n) is 4.85. The van der Waals surface area contributed by atoms with Crippen molar-refractivity contribution in [2.75, 3.05) is 18.5 Å². The molecule has 0 fully saturated rings. The number of anilines is 1. The zero-order valence-electron chi connectivity index (χ0n) is 12.3. The van der Waals surface area contributed by atoms with E-state index in [-0.39, 0.29) is 25.6 Å². The molecule has 0 spiro atoms. The van der Waals surface area contributed by atoms with E-state index in [9.17, 15) is 9.18 Å². The van der Waals surface area contributed by atoms with E-state index in [1.54, 1.807) is 13.0 Å². The van der Waals surface area contributed by atoms with Crippen LogP contribution in [0.3, 0.4) is 0 Å². The lowest BCUT2D eigenvalue weighted by Crippen LogP contribution is -2.38. The number of rotatable bonds is 2. The normalized spacial score (nSPS) is 20.2. The van der Waals surface area contributed by atoms with Crippen LogP contribution in [0.15, 0.2) is 23.2 Å². The van der Waals surface area contributed by atoms with E-state index in [0.29, 0.717) is 17.1 Å². The molecule has 0 saturated heterocycles. The molecule has 1 aliphatic heterocycles. The van der Waals surface area contributed by atoms with Gasteiger partial charge in [0.1, 0.15) is 23.8 Å². The van der Waals surface area contributed by atoms with Crippen molar-refractivity contribution in [3.8, 4) is 0 Å². The number of aliphatic imine (C=N–C) groups is 1. The van der Waals surface area contributed by atoms with Crippen molar-refractivity contribution in [3.05, 3.63) is 29.6 Å². The molecule has 0 radical (unpaired) electrons. The Morgan fingerprint density at radius 2 is 2.23 bits per heavy atom. The number of benzene rings is 1. The minimum absolute atomic E-state index is 0.217. The Bertz CT molecular complexity index is 591. The Morgan fingerprint density at radius 1 is 1.59 bits per heavy atom. The van der Waals surface area contributed by atoms with Crippen molar-refractivity contribution in [1.82, 2.24) is 0 Å². The van der Waals surface area contributed by atoms with E-state index in [4.69, 9.17) is 20.4 Å². The molecule has 120 valence electrons. The van der Waals surface area contributed by atoms with Gasteiger partial charge in [0.25, 0.3) is 6.47 Å². The summed E-state index contributed by atoms with van der Waals surface area (Å²) in [5.74, 6) is -0.289. The summed E-state index contributed by atoms with van der Waals surface area (Å²) < 4.78 is 19.3. The molecule has 22 heavy (non-hydrogen) atoms. The standard InChI is InChI=1S/C13H16FN3O2.CH2O2/c1-8(18)16-9-3-4-11(14)10(5-9)13(2)7-19-6-12(15)17-13;2-1-3/h3-5H,6-7H2,1-2H3,(H2,15,17)(H,16,18);1H,(H,2,3)/t13-;/m0./s1. The van der Waals surface area contributed by atoms with Gasteiger partial charge in [0.05, 0.1) is 6.61 Å². The lowest BCUT2D eigenvalue weighted by Gasteiger charge is -2.30. The summed E-state index contributed by atoms with van der Waals surface area (Å²) in [5, 5.41) is 9.50. The quantitative estimate of drug-likeness (QED) is 0.707. The molecule has 1 heterocycles. The third kappa shape index (κ3) is 4.52. The molecule has 1 amide bonds. The number of amides is 1. The first-order chi connectivity index (χ1) is 10.3. The van der Waals surface area contributed by atoms with Crippen LogP contribution in [-0.4, -0.2) is 36.5 Å². The van der Waals surface area contributed by atoms with Crippen molar-refractivity contribution < 1.29 is 23.8 Å². The van der Waals surface area contributed by atoms with Crippen LogP contribution in [0.5, 0.6) is 0 Å². The highest BCUT2D eigenvalue weighted by Crippen LogP contribution is 2.32. The van der Waals surface area contributed by atoms with Gasteiger partial charge in [0, 0.05) is 18.2 Å². The van der Waals surface area contributed by atoms with Crippen LogP contribution in [0.25, 0.3) is 0 Å². The maximum absolute atomic E-state index is 14.0. The number of ether oxygens (including phenoxy) is 1. The maximum atomic E-state index is 14.0. The van der Waals surface area contributed by atoms with Crippen molar-refractivity contribution in [2.24, 2.45) is 10.7 Å². The molecule has 0 aliphatic carbocycles. The Labute approximate surface area is 127 Å². The van der Waals surface area contributed by atoms with Gasteiger partial charge in [-0.05, 0) is 25.1 Å². The van der Waals surface area contributed by atoms with Gasteiger partial charge in [-0.3, -0.25) is 14.6 Å². The van der Waals surface area contributed by atoms with Crippen LogP contribution >= 0.6 is 0 Å². The predicted octanol–water partition coefficient (Wildman–Crippen LogP) is 1.09. The topological polar surface area (TPSA) is 114 Å². The summed E-state index contributed by atoms with van der Waals surface area (Å²) in [6.45, 7) is 3.39. The second-order valence-corrected chi connectivity index (χ2v) is 4.85. The number of nitrogens with two attached hydrogens (primary N) is 1. The van der Waals surface area contributed by atoms with E-state index in [1.165, 1.54) is 19.1 Å². The first kappa shape index (κ1) is 17.6. The minimum atomic E-state index is -0.874. The fourth-order valence-corrected chi connectivity index (χ4v) is 2.09. The number of hydrogen-bond acceptors (Lipinski definition) is 5. The molecule has 4 N–H and O–H groups in total. The fourth-order valence-electron chi connectivity index (χ4n) is 2.09. The van der Waals surface area contributed by atoms with E-state index >= 15 is 0 Å². The summed E-state index contributed by atoms with van der Waals surface area (Å²) in [7, 11) is 0. The molecule has 1 aromatic carbocycles. The Hall–Kier alpha value is -2.48. The first-order valence-corrected chi connectivity index (χ1v) is 6.40. The molecular weight excluding hydrogens is 293 g/mol. The molecule has 1 atom stereocenters. The van der Waals surface area contributed by atoms with Gasteiger partial charge >= 0.3 is 0 Å². The van der Waals surface area contributed by atoms with E-state index < -0.39 is 11.4 Å². The van der Waals surface area contributed by atoms with Gasteiger partial charge in [0.2, 0.25) is 5.91 Å². The van der Waals surface area contributed by atoms with Gasteiger partial charge in [-0.15, -0.1) is 0 Å². The molecule has 8 heteroatoms. The lowest BCUT2D eigenvalue weighted by molar-refractivity contribution is -0.123. The average Bonchev–Trinajstić information content (AvgIpc) is 2.41. The average molecular weight is 311 g/mol. The monoisotopic (exact) mass is 311 g/mol. The molecule has 0 saturated carbocycles. The number of carbonyl (C=O) groups excluding carboxylic acids is 1. The minimum Gasteiger partial charge on any atom is -0.483 e. The van der Waals surface area contributed by atoms with Gasteiger partial charge < -0.3 is 20.9 Å². The predicted molar refractivity (Wildman–Crippen MR) is 79.2 cm³/mol. The molecule has 2 rings (SSSR count). The van der Waals surface area contributed by atoms with Crippen LogP contribution in [-0.2, 0) is 19.9 Å². The smallest absolute Gasteiger partial charge is 0.290 e. The van der Waals surface area contributed by atoms with Crippen LogP contribution in [0.2, 0.25) is 0 Å². The highest BCUT2D eigenvalue weighted by atomic mass is 19.1. The molecule has 0 aromatic heterocycles. The van der Waals surface area contributed by atoms with Crippen LogP contribution in [0, 0.1) is 5.82 Å². The molecule has 1 aromatic rings. The third-order valence-corrected chi connectivity index (χ3v) is 2.89. The largest absolute Gasteiger partial charge is 0.483 e. The zero-order valence-corrected chi connectivity index (χ0v) is 12.3. The summed E-state index contributed by atoms with van der Waals surface area (Å²) >= 11 is 0. The Balaban J connectivity index is 0.000000745. The highest BCUT2D eigenvalue weighted by Gasteiger charge is 2.32. The van der Waals surface area contributed by atoms with Crippen LogP contribution < -0.4 is 11.1 Å². The van der Waals surface area contributed by atoms with Crippen molar-refractivity contribution >= 4 is 23.9 Å². The van der Waals surface area contributed by atoms with E-state index in [1.807, 2.05) is 0 Å². The van der Waals surface area contributed by atoms with Gasteiger partial charge in [-0.2, -0.15) is 0 Å². The molecule has 1 aliphatic rings. The van der Waals surface area contributed by atoms with Crippen molar-refractivity contribution in [2.45, 2.75) is 19.4 Å². The van der Waals surface area contributed by atoms with Gasteiger partial charge in [-0.1, -0.05) is 0 Å².